The molecule has 0 saturated carbocycles. The Morgan fingerprint density at radius 3 is 2.71 bits per heavy atom. The second kappa shape index (κ2) is 8.48. The third-order valence-electron chi connectivity index (χ3n) is 6.70. The van der Waals surface area contributed by atoms with Crippen molar-refractivity contribution in [2.45, 2.75) is 77.2 Å². The predicted octanol–water partition coefficient (Wildman–Crippen LogP) is 3.80. The zero-order valence-electron chi connectivity index (χ0n) is 18.6. The fraction of sp³-hybridized carbons (Fsp3) is 0.652. The minimum Gasteiger partial charge on any atom is -0.428 e. The Labute approximate surface area is 183 Å². The van der Waals surface area contributed by atoms with E-state index in [0.717, 1.165) is 87.4 Å². The highest BCUT2D eigenvalue weighted by Crippen LogP contribution is 2.33. The number of carbonyl (C=O) groups is 1. The lowest BCUT2D eigenvalue weighted by atomic mass is 10.1. The molecule has 2 saturated heterocycles. The first-order valence-corrected chi connectivity index (χ1v) is 11.8. The highest BCUT2D eigenvalue weighted by molar-refractivity contribution is 5.85. The van der Waals surface area contributed by atoms with Crippen molar-refractivity contribution in [3.05, 3.63) is 23.2 Å². The topological polar surface area (TPSA) is 87.4 Å². The Hall–Kier alpha value is -2.64. The number of nitrogens with one attached hydrogen (secondary N) is 1. The average Bonchev–Trinajstić information content (AvgIpc) is 3.53. The molecular formula is C23H32N6O2. The van der Waals surface area contributed by atoms with Crippen LogP contribution in [0.4, 0.5) is 17.8 Å². The van der Waals surface area contributed by atoms with Crippen LogP contribution < -0.4 is 10.2 Å². The number of amides is 1. The van der Waals surface area contributed by atoms with Crippen molar-refractivity contribution in [2.75, 3.05) is 29.9 Å². The second-order valence-corrected chi connectivity index (χ2v) is 9.24. The van der Waals surface area contributed by atoms with Crippen molar-refractivity contribution in [1.82, 2.24) is 19.9 Å². The van der Waals surface area contributed by atoms with Crippen LogP contribution in [0.2, 0.25) is 0 Å². The van der Waals surface area contributed by atoms with Crippen molar-refractivity contribution < 1.29 is 9.21 Å². The average molecular weight is 425 g/mol. The number of rotatable bonds is 5. The van der Waals surface area contributed by atoms with Crippen LogP contribution in [0, 0.1) is 0 Å². The summed E-state index contributed by atoms with van der Waals surface area (Å²) in [5, 5.41) is 3.30. The number of hydrogen-bond donors (Lipinski definition) is 1. The maximum Gasteiger partial charge on any atom is 0.300 e. The summed E-state index contributed by atoms with van der Waals surface area (Å²) in [7, 11) is 0. The molecule has 1 N–H and O–H groups in total. The van der Waals surface area contributed by atoms with Crippen molar-refractivity contribution in [3.63, 3.8) is 0 Å². The van der Waals surface area contributed by atoms with Gasteiger partial charge in [0.1, 0.15) is 17.6 Å². The van der Waals surface area contributed by atoms with Gasteiger partial charge in [-0.05, 0) is 51.4 Å². The van der Waals surface area contributed by atoms with Gasteiger partial charge in [0.15, 0.2) is 0 Å². The van der Waals surface area contributed by atoms with E-state index in [-0.39, 0.29) is 17.9 Å². The van der Waals surface area contributed by atoms with E-state index in [1.807, 2.05) is 4.90 Å². The van der Waals surface area contributed by atoms with Gasteiger partial charge in [0, 0.05) is 31.1 Å². The lowest BCUT2D eigenvalue weighted by Gasteiger charge is -2.32. The zero-order chi connectivity index (χ0) is 21.4. The Balaban J connectivity index is 1.42. The normalized spacial score (nSPS) is 21.1. The maximum absolute atomic E-state index is 13.2. The number of piperidine rings is 1. The fourth-order valence-electron chi connectivity index (χ4n) is 4.95. The van der Waals surface area contributed by atoms with E-state index < -0.39 is 0 Å². The molecular weight excluding hydrogens is 392 g/mol. The molecule has 5 rings (SSSR count). The number of hydrogen-bond acceptors (Lipinski definition) is 7. The molecule has 0 aromatic carbocycles. The molecule has 4 heterocycles. The van der Waals surface area contributed by atoms with E-state index >= 15 is 0 Å². The van der Waals surface area contributed by atoms with Gasteiger partial charge in [0.2, 0.25) is 11.9 Å². The smallest absolute Gasteiger partial charge is 0.300 e. The van der Waals surface area contributed by atoms with Crippen molar-refractivity contribution >= 4 is 23.7 Å². The Morgan fingerprint density at radius 2 is 1.94 bits per heavy atom. The molecule has 166 valence electrons. The number of carbonyl (C=O) groups excluding carboxylic acids is 1. The summed E-state index contributed by atoms with van der Waals surface area (Å²) in [6, 6.07) is 0.310. The molecule has 1 atom stereocenters. The second-order valence-electron chi connectivity index (χ2n) is 9.24. The van der Waals surface area contributed by atoms with Crippen LogP contribution in [-0.2, 0) is 17.6 Å². The fourth-order valence-corrected chi connectivity index (χ4v) is 4.95. The molecule has 1 aliphatic carbocycles. The van der Waals surface area contributed by atoms with Crippen molar-refractivity contribution in [1.29, 1.82) is 0 Å². The lowest BCUT2D eigenvalue weighted by Crippen LogP contribution is -2.48. The Bertz CT molecular complexity index is 950. The third-order valence-corrected chi connectivity index (χ3v) is 6.70. The van der Waals surface area contributed by atoms with Crippen LogP contribution in [0.5, 0.6) is 0 Å². The molecule has 0 spiro atoms. The Morgan fingerprint density at radius 1 is 1.10 bits per heavy atom. The predicted molar refractivity (Wildman–Crippen MR) is 119 cm³/mol. The van der Waals surface area contributed by atoms with E-state index in [4.69, 9.17) is 14.4 Å². The van der Waals surface area contributed by atoms with E-state index in [1.54, 1.807) is 6.20 Å². The molecule has 2 aliphatic heterocycles. The standard InChI is InChI=1S/C23H32N6O2/c1-15(2)19-14-24-23(31-19)27-20-16-8-6-9-17(16)25-22(26-20)29-13-7-10-18(29)21(30)28-11-4-3-5-12-28/h14-15,18H,3-13H2,1-2H3,(H,24,25,26,27)/t18-/m1/s1. The van der Waals surface area contributed by atoms with Gasteiger partial charge in [-0.3, -0.25) is 10.1 Å². The summed E-state index contributed by atoms with van der Waals surface area (Å²) >= 11 is 0. The van der Waals surface area contributed by atoms with Gasteiger partial charge in [-0.1, -0.05) is 13.8 Å². The highest BCUT2D eigenvalue weighted by Gasteiger charge is 2.36. The summed E-state index contributed by atoms with van der Waals surface area (Å²) in [6.45, 7) is 6.74. The Kier molecular flexibility index (Phi) is 5.54. The lowest BCUT2D eigenvalue weighted by molar-refractivity contribution is -0.133. The zero-order valence-corrected chi connectivity index (χ0v) is 18.6. The maximum atomic E-state index is 13.2. The molecule has 3 aliphatic rings. The summed E-state index contributed by atoms with van der Waals surface area (Å²) < 4.78 is 5.86. The highest BCUT2D eigenvalue weighted by atomic mass is 16.4. The van der Waals surface area contributed by atoms with Crippen molar-refractivity contribution in [2.24, 2.45) is 0 Å². The summed E-state index contributed by atoms with van der Waals surface area (Å²) in [4.78, 5) is 31.6. The number of aryl methyl sites for hydroxylation is 1. The van der Waals surface area contributed by atoms with Gasteiger partial charge in [0.25, 0.3) is 0 Å². The van der Waals surface area contributed by atoms with Crippen LogP contribution in [0.15, 0.2) is 10.6 Å². The largest absolute Gasteiger partial charge is 0.428 e. The monoisotopic (exact) mass is 424 g/mol. The SMILES string of the molecule is CC(C)c1cnc(Nc2nc(N3CCC[C@@H]3C(=O)N3CCCCC3)nc3c2CCC3)o1. The molecule has 2 aromatic heterocycles. The summed E-state index contributed by atoms with van der Waals surface area (Å²) in [5.74, 6) is 2.79. The number of fused-ring (bicyclic) bond motifs is 1. The van der Waals surface area contributed by atoms with Crippen molar-refractivity contribution in [3.8, 4) is 0 Å². The van der Waals surface area contributed by atoms with Gasteiger partial charge in [0.05, 0.1) is 11.9 Å². The summed E-state index contributed by atoms with van der Waals surface area (Å²) in [6.07, 6.45) is 10.0. The number of anilines is 3. The first kappa shape index (κ1) is 20.3. The van der Waals surface area contributed by atoms with E-state index in [9.17, 15) is 4.79 Å². The quantitative estimate of drug-likeness (QED) is 0.781. The first-order chi connectivity index (χ1) is 15.1. The molecule has 0 unspecified atom stereocenters. The molecule has 8 nitrogen and oxygen atoms in total. The van der Waals surface area contributed by atoms with Gasteiger partial charge < -0.3 is 14.2 Å². The van der Waals surface area contributed by atoms with Gasteiger partial charge >= 0.3 is 6.01 Å². The number of nitrogens with zero attached hydrogens (tertiary/aromatic N) is 5. The molecule has 2 fully saturated rings. The van der Waals surface area contributed by atoms with Crippen LogP contribution in [-0.4, -0.2) is 51.4 Å². The van der Waals surface area contributed by atoms with Gasteiger partial charge in [-0.15, -0.1) is 0 Å². The van der Waals surface area contributed by atoms with Crippen LogP contribution >= 0.6 is 0 Å². The molecule has 1 amide bonds. The van der Waals surface area contributed by atoms with Crippen LogP contribution in [0.25, 0.3) is 0 Å². The number of oxazole rings is 1. The van der Waals surface area contributed by atoms with E-state index in [0.29, 0.717) is 12.0 Å². The first-order valence-electron chi connectivity index (χ1n) is 11.8. The molecule has 0 bridgehead atoms. The molecule has 8 heteroatoms. The number of likely N-dealkylation sites (tertiary alicyclic amines) is 1. The minimum atomic E-state index is -0.153. The van der Waals surface area contributed by atoms with Gasteiger partial charge in [-0.25, -0.2) is 9.97 Å². The number of aromatic nitrogens is 3. The van der Waals surface area contributed by atoms with E-state index in [2.05, 4.69) is 29.0 Å². The van der Waals surface area contributed by atoms with Gasteiger partial charge in [-0.2, -0.15) is 4.98 Å². The third kappa shape index (κ3) is 4.00. The van der Waals surface area contributed by atoms with Crippen LogP contribution in [0.3, 0.4) is 0 Å². The van der Waals surface area contributed by atoms with E-state index in [1.165, 1.54) is 6.42 Å². The minimum absolute atomic E-state index is 0.153. The van der Waals surface area contributed by atoms with Crippen LogP contribution in [0.1, 0.15) is 75.3 Å². The molecule has 31 heavy (non-hydrogen) atoms. The molecule has 0 radical (unpaired) electrons. The molecule has 2 aromatic rings. The summed E-state index contributed by atoms with van der Waals surface area (Å²) in [5.41, 5.74) is 2.23.